The number of hydrogen-bond donors (Lipinski definition) is 2. The number of amides is 2. The van der Waals surface area contributed by atoms with Gasteiger partial charge in [-0.3, -0.25) is 9.59 Å². The Morgan fingerprint density at radius 2 is 1.72 bits per heavy atom. The molecule has 2 N–H and O–H groups in total. The Kier molecular flexibility index (Phi) is 7.05. The third-order valence-corrected chi connectivity index (χ3v) is 7.24. The van der Waals surface area contributed by atoms with Crippen LogP contribution in [-0.4, -0.2) is 32.3 Å². The fraction of sp³-hybridized carbons (Fsp3) is 0.417. The topological polar surface area (TPSA) is 95.6 Å². The number of nitrogens with one attached hydrogen (secondary N) is 2. The van der Waals surface area contributed by atoms with Crippen LogP contribution < -0.4 is 14.9 Å². The van der Waals surface area contributed by atoms with E-state index in [4.69, 9.17) is 0 Å². The van der Waals surface area contributed by atoms with Gasteiger partial charge in [-0.05, 0) is 55.5 Å². The lowest BCUT2D eigenvalue weighted by molar-refractivity contribution is -0.124. The smallest absolute Gasteiger partial charge is 0.241 e. The Balaban J connectivity index is 1.80. The van der Waals surface area contributed by atoms with E-state index in [1.165, 1.54) is 13.0 Å². The highest BCUT2D eigenvalue weighted by Crippen LogP contribution is 2.34. The molecule has 3 rings (SSSR count). The van der Waals surface area contributed by atoms with Crippen LogP contribution in [-0.2, 0) is 26.0 Å². The molecule has 0 aromatic heterocycles. The molecule has 0 bridgehead atoms. The lowest BCUT2D eigenvalue weighted by Crippen LogP contribution is -2.50. The number of carbonyl (C=O) groups excluding carboxylic acids is 2. The Morgan fingerprint density at radius 1 is 1.06 bits per heavy atom. The SMILES string of the molecule is CC(=O)N1c2ccc(S(=O)(=O)N[C@H](C(=O)N[C@@H](C)c3ccccc3)C(C)C)cc2C[C@H]1C. The summed E-state index contributed by atoms with van der Waals surface area (Å²) in [4.78, 5) is 26.6. The molecule has 0 fully saturated rings. The fourth-order valence-electron chi connectivity index (χ4n) is 4.11. The molecule has 3 atom stereocenters. The maximum atomic E-state index is 13.1. The molecular formula is C24H31N3O4S. The standard InChI is InChI=1S/C24H31N3O4S/c1-15(2)23(24(29)25-17(4)19-9-7-6-8-10-19)26-32(30,31)21-11-12-22-20(14-21)13-16(3)27(22)18(5)28/h6-12,14-17,23,26H,13H2,1-5H3,(H,25,29)/t16-,17+,23+/m1/s1. The van der Waals surface area contributed by atoms with Gasteiger partial charge in [0.1, 0.15) is 6.04 Å². The second-order valence-corrected chi connectivity index (χ2v) is 10.4. The second kappa shape index (κ2) is 9.42. The van der Waals surface area contributed by atoms with Gasteiger partial charge in [-0.25, -0.2) is 8.42 Å². The van der Waals surface area contributed by atoms with Gasteiger partial charge in [-0.2, -0.15) is 4.72 Å². The molecule has 0 saturated carbocycles. The van der Waals surface area contributed by atoms with Gasteiger partial charge in [-0.1, -0.05) is 44.2 Å². The Bertz CT molecular complexity index is 1100. The van der Waals surface area contributed by atoms with E-state index in [1.54, 1.807) is 30.9 Å². The molecular weight excluding hydrogens is 426 g/mol. The van der Waals surface area contributed by atoms with Crippen molar-refractivity contribution in [1.82, 2.24) is 10.0 Å². The van der Waals surface area contributed by atoms with Crippen molar-refractivity contribution in [2.24, 2.45) is 5.92 Å². The summed E-state index contributed by atoms with van der Waals surface area (Å²) < 4.78 is 28.8. The monoisotopic (exact) mass is 457 g/mol. The predicted molar refractivity (Wildman–Crippen MR) is 125 cm³/mol. The molecule has 1 aliphatic rings. The minimum absolute atomic E-state index is 0.0259. The van der Waals surface area contributed by atoms with E-state index >= 15 is 0 Å². The van der Waals surface area contributed by atoms with E-state index in [0.29, 0.717) is 6.42 Å². The largest absolute Gasteiger partial charge is 0.348 e. The van der Waals surface area contributed by atoms with Crippen LogP contribution in [0.3, 0.4) is 0 Å². The maximum absolute atomic E-state index is 13.1. The van der Waals surface area contributed by atoms with Crippen LogP contribution in [0.5, 0.6) is 0 Å². The number of anilines is 1. The third kappa shape index (κ3) is 5.02. The summed E-state index contributed by atoms with van der Waals surface area (Å²) in [5, 5.41) is 2.91. The first kappa shape index (κ1) is 23.9. The van der Waals surface area contributed by atoms with Gasteiger partial charge in [0.2, 0.25) is 21.8 Å². The number of sulfonamides is 1. The van der Waals surface area contributed by atoms with E-state index in [-0.39, 0.29) is 34.7 Å². The molecule has 2 aromatic carbocycles. The third-order valence-electron chi connectivity index (χ3n) is 5.81. The summed E-state index contributed by atoms with van der Waals surface area (Å²) in [6.45, 7) is 8.90. The lowest BCUT2D eigenvalue weighted by atomic mass is 10.0. The number of carbonyl (C=O) groups is 2. The van der Waals surface area contributed by atoms with Crippen molar-refractivity contribution in [1.29, 1.82) is 0 Å². The van der Waals surface area contributed by atoms with Crippen LogP contribution in [0.15, 0.2) is 53.4 Å². The number of benzene rings is 2. The Labute approximate surface area is 190 Å². The predicted octanol–water partition coefficient (Wildman–Crippen LogP) is 3.16. The highest BCUT2D eigenvalue weighted by atomic mass is 32.2. The quantitative estimate of drug-likeness (QED) is 0.668. The summed E-state index contributed by atoms with van der Waals surface area (Å²) in [6, 6.07) is 13.0. The molecule has 7 nitrogen and oxygen atoms in total. The molecule has 1 heterocycles. The molecule has 0 saturated heterocycles. The van der Waals surface area contributed by atoms with Crippen LogP contribution in [0.4, 0.5) is 5.69 Å². The molecule has 0 unspecified atom stereocenters. The van der Waals surface area contributed by atoms with Gasteiger partial charge in [0, 0.05) is 18.7 Å². The molecule has 32 heavy (non-hydrogen) atoms. The van der Waals surface area contributed by atoms with Crippen molar-refractivity contribution in [2.75, 3.05) is 4.90 Å². The van der Waals surface area contributed by atoms with E-state index in [1.807, 2.05) is 44.2 Å². The highest BCUT2D eigenvalue weighted by molar-refractivity contribution is 7.89. The first-order valence-corrected chi connectivity index (χ1v) is 12.3. The van der Waals surface area contributed by atoms with E-state index in [0.717, 1.165) is 16.8 Å². The first-order valence-electron chi connectivity index (χ1n) is 10.8. The minimum atomic E-state index is -3.94. The van der Waals surface area contributed by atoms with Gasteiger partial charge in [-0.15, -0.1) is 0 Å². The van der Waals surface area contributed by atoms with Crippen LogP contribution in [0.25, 0.3) is 0 Å². The molecule has 0 spiro atoms. The van der Waals surface area contributed by atoms with Crippen LogP contribution >= 0.6 is 0 Å². The highest BCUT2D eigenvalue weighted by Gasteiger charge is 2.32. The Hall–Kier alpha value is -2.71. The van der Waals surface area contributed by atoms with Gasteiger partial charge < -0.3 is 10.2 Å². The second-order valence-electron chi connectivity index (χ2n) is 8.72. The lowest BCUT2D eigenvalue weighted by Gasteiger charge is -2.24. The van der Waals surface area contributed by atoms with Crippen molar-refractivity contribution >= 4 is 27.5 Å². The summed E-state index contributed by atoms with van der Waals surface area (Å²) in [5.74, 6) is -0.707. The zero-order valence-corrected chi connectivity index (χ0v) is 19.9. The van der Waals surface area contributed by atoms with Crippen molar-refractivity contribution in [3.05, 3.63) is 59.7 Å². The number of fused-ring (bicyclic) bond motifs is 1. The molecule has 0 radical (unpaired) electrons. The molecule has 8 heteroatoms. The first-order chi connectivity index (χ1) is 15.0. The van der Waals surface area contributed by atoms with Crippen LogP contribution in [0, 0.1) is 5.92 Å². The van der Waals surface area contributed by atoms with E-state index in [9.17, 15) is 18.0 Å². The summed E-state index contributed by atoms with van der Waals surface area (Å²) in [7, 11) is -3.94. The average Bonchev–Trinajstić information content (AvgIpc) is 3.07. The maximum Gasteiger partial charge on any atom is 0.241 e. The minimum Gasteiger partial charge on any atom is -0.348 e. The van der Waals surface area contributed by atoms with Crippen molar-refractivity contribution < 1.29 is 18.0 Å². The van der Waals surface area contributed by atoms with Gasteiger partial charge >= 0.3 is 0 Å². The van der Waals surface area contributed by atoms with Crippen molar-refractivity contribution in [3.63, 3.8) is 0 Å². The van der Waals surface area contributed by atoms with Gasteiger partial charge in [0.05, 0.1) is 10.9 Å². The van der Waals surface area contributed by atoms with Gasteiger partial charge in [0.15, 0.2) is 0 Å². The Morgan fingerprint density at radius 3 is 2.31 bits per heavy atom. The van der Waals surface area contributed by atoms with Crippen LogP contribution in [0.2, 0.25) is 0 Å². The van der Waals surface area contributed by atoms with E-state index < -0.39 is 16.1 Å². The molecule has 172 valence electrons. The molecule has 1 aliphatic heterocycles. The molecule has 2 aromatic rings. The average molecular weight is 458 g/mol. The number of nitrogens with zero attached hydrogens (tertiary/aromatic N) is 1. The fourth-order valence-corrected chi connectivity index (χ4v) is 5.50. The summed E-state index contributed by atoms with van der Waals surface area (Å²) >= 11 is 0. The number of rotatable bonds is 7. The number of hydrogen-bond acceptors (Lipinski definition) is 4. The van der Waals surface area contributed by atoms with Gasteiger partial charge in [0.25, 0.3) is 0 Å². The normalized spacial score (nSPS) is 17.7. The summed E-state index contributed by atoms with van der Waals surface area (Å²) in [6.07, 6.45) is 0.584. The molecule has 0 aliphatic carbocycles. The van der Waals surface area contributed by atoms with E-state index in [2.05, 4.69) is 10.0 Å². The molecule has 2 amide bonds. The zero-order chi connectivity index (χ0) is 23.6. The van der Waals surface area contributed by atoms with Crippen molar-refractivity contribution in [3.8, 4) is 0 Å². The zero-order valence-electron chi connectivity index (χ0n) is 19.1. The summed E-state index contributed by atoms with van der Waals surface area (Å²) in [5.41, 5.74) is 2.48. The van der Waals surface area contributed by atoms with Crippen LogP contribution in [0.1, 0.15) is 51.8 Å². The van der Waals surface area contributed by atoms with Crippen molar-refractivity contribution in [2.45, 2.75) is 64.1 Å².